The highest BCUT2D eigenvalue weighted by Gasteiger charge is 2.28. The van der Waals surface area contributed by atoms with Gasteiger partial charge in [0.15, 0.2) is 5.76 Å². The first-order chi connectivity index (χ1) is 10.6. The Bertz CT molecular complexity index is 720. The third-order valence-electron chi connectivity index (χ3n) is 4.15. The Kier molecular flexibility index (Phi) is 3.88. The molecule has 1 aromatic heterocycles. The first-order valence-electron chi connectivity index (χ1n) is 7.61. The van der Waals surface area contributed by atoms with Gasteiger partial charge in [-0.05, 0) is 25.8 Å². The van der Waals surface area contributed by atoms with Crippen molar-refractivity contribution in [2.45, 2.75) is 32.7 Å². The Labute approximate surface area is 129 Å². The van der Waals surface area contributed by atoms with Crippen LogP contribution in [0.5, 0.6) is 0 Å². The number of aryl methyl sites for hydroxylation is 1. The lowest BCUT2D eigenvalue weighted by atomic mass is 10.0. The monoisotopic (exact) mass is 300 g/mol. The van der Waals surface area contributed by atoms with Gasteiger partial charge < -0.3 is 14.6 Å². The zero-order chi connectivity index (χ0) is 15.7. The van der Waals surface area contributed by atoms with Crippen LogP contribution in [0.3, 0.4) is 0 Å². The summed E-state index contributed by atoms with van der Waals surface area (Å²) in [6.07, 6.45) is 1.79. The van der Waals surface area contributed by atoms with Crippen molar-refractivity contribution >= 4 is 22.8 Å². The number of likely N-dealkylation sites (tertiary alicyclic amines) is 1. The van der Waals surface area contributed by atoms with Crippen LogP contribution in [0.1, 0.15) is 35.9 Å². The third-order valence-corrected chi connectivity index (χ3v) is 4.15. The molecule has 0 bridgehead atoms. The lowest BCUT2D eigenvalue weighted by molar-refractivity contribution is -0.120. The van der Waals surface area contributed by atoms with Crippen molar-refractivity contribution in [3.8, 4) is 0 Å². The van der Waals surface area contributed by atoms with Gasteiger partial charge in [-0.3, -0.25) is 9.59 Å². The minimum Gasteiger partial charge on any atom is -0.451 e. The van der Waals surface area contributed by atoms with E-state index in [-0.39, 0.29) is 17.9 Å². The Hall–Kier alpha value is -2.30. The number of benzene rings is 1. The van der Waals surface area contributed by atoms with Crippen LogP contribution in [0.4, 0.5) is 0 Å². The maximum absolute atomic E-state index is 12.7. The highest BCUT2D eigenvalue weighted by Crippen LogP contribution is 2.26. The number of hydrogen-bond acceptors (Lipinski definition) is 3. The van der Waals surface area contributed by atoms with Crippen molar-refractivity contribution in [3.63, 3.8) is 0 Å². The van der Waals surface area contributed by atoms with Crippen molar-refractivity contribution in [1.82, 2.24) is 10.2 Å². The minimum absolute atomic E-state index is 0.0277. The summed E-state index contributed by atoms with van der Waals surface area (Å²) in [6, 6.07) is 7.69. The Morgan fingerprint density at radius 1 is 1.32 bits per heavy atom. The number of hydrogen-bond donors (Lipinski definition) is 1. The molecule has 0 aliphatic carbocycles. The summed E-state index contributed by atoms with van der Waals surface area (Å²) in [5.74, 6) is 0.257. The SMILES string of the molecule is CC(=O)N[C@H]1CCCN(C(=O)c2oc3ccccc3c2C)C1. The molecule has 0 spiro atoms. The van der Waals surface area contributed by atoms with Gasteiger partial charge in [-0.2, -0.15) is 0 Å². The second-order valence-electron chi connectivity index (χ2n) is 5.84. The summed E-state index contributed by atoms with van der Waals surface area (Å²) in [7, 11) is 0. The van der Waals surface area contributed by atoms with Gasteiger partial charge in [-0.15, -0.1) is 0 Å². The molecule has 0 saturated carbocycles. The van der Waals surface area contributed by atoms with Crippen molar-refractivity contribution < 1.29 is 14.0 Å². The van der Waals surface area contributed by atoms with Gasteiger partial charge >= 0.3 is 0 Å². The fourth-order valence-corrected chi connectivity index (χ4v) is 3.09. The number of piperidine rings is 1. The quantitative estimate of drug-likeness (QED) is 0.927. The number of amides is 2. The summed E-state index contributed by atoms with van der Waals surface area (Å²) < 4.78 is 5.75. The molecule has 1 saturated heterocycles. The smallest absolute Gasteiger partial charge is 0.289 e. The maximum Gasteiger partial charge on any atom is 0.289 e. The molecule has 5 nitrogen and oxygen atoms in total. The molecular formula is C17H20N2O3. The summed E-state index contributed by atoms with van der Waals surface area (Å²) in [6.45, 7) is 4.65. The molecule has 0 unspecified atom stereocenters. The molecule has 0 radical (unpaired) electrons. The lowest BCUT2D eigenvalue weighted by Crippen LogP contribution is -2.49. The van der Waals surface area contributed by atoms with E-state index in [1.165, 1.54) is 6.92 Å². The molecule has 2 aromatic rings. The third kappa shape index (κ3) is 2.71. The second-order valence-corrected chi connectivity index (χ2v) is 5.84. The van der Waals surface area contributed by atoms with Gasteiger partial charge in [-0.1, -0.05) is 18.2 Å². The predicted molar refractivity (Wildman–Crippen MR) is 83.7 cm³/mol. The van der Waals surface area contributed by atoms with Crippen LogP contribution in [0.2, 0.25) is 0 Å². The number of nitrogens with one attached hydrogen (secondary N) is 1. The van der Waals surface area contributed by atoms with Gasteiger partial charge in [0.25, 0.3) is 5.91 Å². The first-order valence-corrected chi connectivity index (χ1v) is 7.61. The summed E-state index contributed by atoms with van der Waals surface area (Å²) in [4.78, 5) is 25.7. The van der Waals surface area contributed by atoms with E-state index in [2.05, 4.69) is 5.32 Å². The van der Waals surface area contributed by atoms with Gasteiger partial charge in [0.2, 0.25) is 5.91 Å². The number of carbonyl (C=O) groups excluding carboxylic acids is 2. The number of fused-ring (bicyclic) bond motifs is 1. The summed E-state index contributed by atoms with van der Waals surface area (Å²) >= 11 is 0. The van der Waals surface area contributed by atoms with Gasteiger partial charge in [0.05, 0.1) is 0 Å². The molecule has 2 heterocycles. The predicted octanol–water partition coefficient (Wildman–Crippen LogP) is 2.48. The lowest BCUT2D eigenvalue weighted by Gasteiger charge is -2.32. The first kappa shape index (κ1) is 14.6. The molecule has 2 amide bonds. The summed E-state index contributed by atoms with van der Waals surface area (Å²) in [5.41, 5.74) is 1.61. The molecule has 1 atom stereocenters. The second kappa shape index (κ2) is 5.83. The number of para-hydroxylation sites is 1. The molecule has 1 aliphatic rings. The molecular weight excluding hydrogens is 280 g/mol. The largest absolute Gasteiger partial charge is 0.451 e. The van der Waals surface area contributed by atoms with E-state index in [0.29, 0.717) is 18.8 Å². The van der Waals surface area contributed by atoms with Crippen molar-refractivity contribution in [2.75, 3.05) is 13.1 Å². The van der Waals surface area contributed by atoms with Gasteiger partial charge in [0.1, 0.15) is 5.58 Å². The van der Waals surface area contributed by atoms with Gasteiger partial charge in [0, 0.05) is 37.0 Å². The van der Waals surface area contributed by atoms with Crippen LogP contribution in [-0.2, 0) is 4.79 Å². The van der Waals surface area contributed by atoms with Crippen LogP contribution < -0.4 is 5.32 Å². The van der Waals surface area contributed by atoms with Crippen molar-refractivity contribution in [1.29, 1.82) is 0 Å². The molecule has 1 aliphatic heterocycles. The zero-order valence-electron chi connectivity index (χ0n) is 12.9. The molecule has 22 heavy (non-hydrogen) atoms. The maximum atomic E-state index is 12.7. The van der Waals surface area contributed by atoms with E-state index in [4.69, 9.17) is 4.42 Å². The van der Waals surface area contributed by atoms with Crippen LogP contribution >= 0.6 is 0 Å². The standard InChI is InChI=1S/C17H20N2O3/c1-11-14-7-3-4-8-15(14)22-16(11)17(21)19-9-5-6-13(10-19)18-12(2)20/h3-4,7-8,13H,5-6,9-10H2,1-2H3,(H,18,20)/t13-/m0/s1. The van der Waals surface area contributed by atoms with Crippen LogP contribution in [0.15, 0.2) is 28.7 Å². The van der Waals surface area contributed by atoms with E-state index in [9.17, 15) is 9.59 Å². The zero-order valence-corrected chi connectivity index (χ0v) is 12.9. The van der Waals surface area contributed by atoms with Crippen LogP contribution in [0, 0.1) is 6.92 Å². The fraction of sp³-hybridized carbons (Fsp3) is 0.412. The topological polar surface area (TPSA) is 62.6 Å². The Balaban J connectivity index is 1.83. The average Bonchev–Trinajstić information content (AvgIpc) is 2.84. The highest BCUT2D eigenvalue weighted by molar-refractivity contribution is 5.99. The molecule has 1 aromatic carbocycles. The molecule has 3 rings (SSSR count). The van der Waals surface area contributed by atoms with Crippen molar-refractivity contribution in [2.24, 2.45) is 0 Å². The number of nitrogens with zero attached hydrogens (tertiary/aromatic N) is 1. The number of rotatable bonds is 2. The number of carbonyl (C=O) groups is 2. The van der Waals surface area contributed by atoms with Crippen molar-refractivity contribution in [3.05, 3.63) is 35.6 Å². The normalized spacial score (nSPS) is 18.5. The van der Waals surface area contributed by atoms with E-state index >= 15 is 0 Å². The van der Waals surface area contributed by atoms with E-state index < -0.39 is 0 Å². The Morgan fingerprint density at radius 2 is 2.09 bits per heavy atom. The Morgan fingerprint density at radius 3 is 2.82 bits per heavy atom. The molecule has 116 valence electrons. The number of furan rings is 1. The van der Waals surface area contributed by atoms with E-state index in [1.807, 2.05) is 31.2 Å². The van der Waals surface area contributed by atoms with E-state index in [1.54, 1.807) is 4.90 Å². The average molecular weight is 300 g/mol. The minimum atomic E-state index is -0.0937. The summed E-state index contributed by atoms with van der Waals surface area (Å²) in [5, 5.41) is 3.87. The van der Waals surface area contributed by atoms with E-state index in [0.717, 1.165) is 29.4 Å². The van der Waals surface area contributed by atoms with Crippen LogP contribution in [0.25, 0.3) is 11.0 Å². The molecule has 1 fully saturated rings. The molecule has 5 heteroatoms. The van der Waals surface area contributed by atoms with Gasteiger partial charge in [-0.25, -0.2) is 0 Å². The fourth-order valence-electron chi connectivity index (χ4n) is 3.09. The highest BCUT2D eigenvalue weighted by atomic mass is 16.3. The van der Waals surface area contributed by atoms with Crippen LogP contribution in [-0.4, -0.2) is 35.8 Å². The molecule has 1 N–H and O–H groups in total.